The van der Waals surface area contributed by atoms with E-state index in [-0.39, 0.29) is 5.91 Å². The number of esters is 1. The van der Waals surface area contributed by atoms with Crippen molar-refractivity contribution in [3.8, 4) is 0 Å². The molecule has 2 aromatic rings. The number of methoxy groups -OCH3 is 1. The van der Waals surface area contributed by atoms with E-state index in [4.69, 9.17) is 4.74 Å². The summed E-state index contributed by atoms with van der Waals surface area (Å²) in [5.74, 6) is -0.711. The van der Waals surface area contributed by atoms with Crippen LogP contribution in [0.15, 0.2) is 6.20 Å². The van der Waals surface area contributed by atoms with Crippen molar-refractivity contribution in [3.05, 3.63) is 33.5 Å². The number of rotatable bonds is 5. The molecule has 0 saturated carbocycles. The predicted octanol–water partition coefficient (Wildman–Crippen LogP) is 2.60. The van der Waals surface area contributed by atoms with Gasteiger partial charge in [-0.25, -0.2) is 4.79 Å². The summed E-state index contributed by atoms with van der Waals surface area (Å²) in [6, 6.07) is 0. The average Bonchev–Trinajstić information content (AvgIpc) is 3.13. The Hall–Kier alpha value is -2.19. The third-order valence-electron chi connectivity index (χ3n) is 4.52. The zero-order valence-corrected chi connectivity index (χ0v) is 16.4. The van der Waals surface area contributed by atoms with Crippen LogP contribution in [0.4, 0.5) is 5.00 Å². The molecule has 2 aromatic heterocycles. The number of aromatic nitrogens is 2. The number of nitrogens with zero attached hydrogens (tertiary/aromatic N) is 3. The molecule has 1 aliphatic heterocycles. The molecular formula is C18H24N4O3S. The first-order valence-corrected chi connectivity index (χ1v) is 9.53. The van der Waals surface area contributed by atoms with Crippen LogP contribution in [0.1, 0.15) is 50.2 Å². The van der Waals surface area contributed by atoms with Gasteiger partial charge in [-0.1, -0.05) is 6.92 Å². The minimum absolute atomic E-state index is 0.308. The van der Waals surface area contributed by atoms with Gasteiger partial charge in [0.2, 0.25) is 0 Å². The number of carbonyl (C=O) groups is 2. The van der Waals surface area contributed by atoms with Crippen LogP contribution < -0.4 is 5.32 Å². The van der Waals surface area contributed by atoms with E-state index in [1.807, 2.05) is 6.92 Å². The van der Waals surface area contributed by atoms with Crippen molar-refractivity contribution < 1.29 is 14.3 Å². The highest BCUT2D eigenvalue weighted by atomic mass is 32.1. The highest BCUT2D eigenvalue weighted by molar-refractivity contribution is 7.17. The minimum atomic E-state index is -0.403. The number of hydrogen-bond acceptors (Lipinski definition) is 6. The van der Waals surface area contributed by atoms with Crippen molar-refractivity contribution in [2.45, 2.75) is 33.2 Å². The first kappa shape index (κ1) is 18.6. The van der Waals surface area contributed by atoms with Crippen LogP contribution >= 0.6 is 11.3 Å². The minimum Gasteiger partial charge on any atom is -0.465 e. The average molecular weight is 376 g/mol. The largest absolute Gasteiger partial charge is 0.465 e. The molecule has 0 spiro atoms. The number of nitrogens with one attached hydrogen (secondary N) is 1. The molecule has 1 N–H and O–H groups in total. The van der Waals surface area contributed by atoms with Crippen molar-refractivity contribution >= 4 is 28.2 Å². The molecule has 0 atom stereocenters. The number of ether oxygens (including phenoxy) is 1. The summed E-state index contributed by atoms with van der Waals surface area (Å²) < 4.78 is 6.58. The van der Waals surface area contributed by atoms with Crippen LogP contribution in [0, 0.1) is 6.92 Å². The molecule has 3 heterocycles. The van der Waals surface area contributed by atoms with E-state index >= 15 is 0 Å². The first-order valence-electron chi connectivity index (χ1n) is 8.71. The van der Waals surface area contributed by atoms with Gasteiger partial charge < -0.3 is 10.1 Å². The van der Waals surface area contributed by atoms with Crippen LogP contribution in [-0.2, 0) is 24.8 Å². The van der Waals surface area contributed by atoms with Gasteiger partial charge in [-0.2, -0.15) is 5.10 Å². The Morgan fingerprint density at radius 1 is 1.42 bits per heavy atom. The van der Waals surface area contributed by atoms with Gasteiger partial charge in [-0.05, 0) is 31.9 Å². The summed E-state index contributed by atoms with van der Waals surface area (Å²) in [5, 5.41) is 7.64. The Kier molecular flexibility index (Phi) is 5.43. The van der Waals surface area contributed by atoms with Crippen LogP contribution in [0.2, 0.25) is 0 Å². The molecular weight excluding hydrogens is 352 g/mol. The van der Waals surface area contributed by atoms with E-state index in [2.05, 4.69) is 22.2 Å². The lowest BCUT2D eigenvalue weighted by Gasteiger charge is -2.26. The second kappa shape index (κ2) is 7.59. The molecule has 3 rings (SSSR count). The molecule has 1 aliphatic rings. The van der Waals surface area contributed by atoms with Gasteiger partial charge in [0.15, 0.2) is 5.69 Å². The van der Waals surface area contributed by atoms with Crippen molar-refractivity contribution in [1.29, 1.82) is 0 Å². The molecule has 0 aromatic carbocycles. The summed E-state index contributed by atoms with van der Waals surface area (Å²) in [6.07, 6.45) is 3.67. The molecule has 140 valence electrons. The lowest BCUT2D eigenvalue weighted by molar-refractivity contribution is 0.0600. The smallest absolute Gasteiger partial charge is 0.341 e. The molecule has 1 amide bonds. The normalized spacial score (nSPS) is 14.2. The van der Waals surface area contributed by atoms with Gasteiger partial charge in [0, 0.05) is 36.8 Å². The van der Waals surface area contributed by atoms with Crippen molar-refractivity contribution in [1.82, 2.24) is 14.7 Å². The van der Waals surface area contributed by atoms with Gasteiger partial charge in [0.1, 0.15) is 5.00 Å². The number of hydrogen-bond donors (Lipinski definition) is 1. The molecule has 26 heavy (non-hydrogen) atoms. The zero-order valence-electron chi connectivity index (χ0n) is 15.6. The maximum atomic E-state index is 12.6. The molecule has 0 radical (unpaired) electrons. The van der Waals surface area contributed by atoms with Crippen molar-refractivity contribution in [2.75, 3.05) is 25.5 Å². The predicted molar refractivity (Wildman–Crippen MR) is 101 cm³/mol. The third-order valence-corrected chi connectivity index (χ3v) is 5.65. The standard InChI is InChI=1S/C18H24N4O3S/c1-5-7-22-8-6-12-13(10-22)26-17(14(12)18(24)25-4)19-16(23)15-11(2)9-21(3)20-15/h9H,5-8,10H2,1-4H3,(H,19,23). The van der Waals surface area contributed by atoms with Crippen LogP contribution in [0.5, 0.6) is 0 Å². The Morgan fingerprint density at radius 3 is 2.81 bits per heavy atom. The second-order valence-electron chi connectivity index (χ2n) is 6.51. The molecule has 0 fully saturated rings. The van der Waals surface area contributed by atoms with E-state index in [0.717, 1.165) is 48.5 Å². The van der Waals surface area contributed by atoms with Gasteiger partial charge >= 0.3 is 5.97 Å². The van der Waals surface area contributed by atoms with Crippen LogP contribution in [0.3, 0.4) is 0 Å². The molecule has 8 heteroatoms. The molecule has 0 unspecified atom stereocenters. The second-order valence-corrected chi connectivity index (χ2v) is 7.62. The zero-order chi connectivity index (χ0) is 18.8. The Labute approximate surface area is 156 Å². The van der Waals surface area contributed by atoms with E-state index < -0.39 is 5.97 Å². The van der Waals surface area contributed by atoms with E-state index in [1.54, 1.807) is 17.9 Å². The number of thiophene rings is 1. The quantitative estimate of drug-likeness (QED) is 0.812. The Bertz CT molecular complexity index is 840. The van der Waals surface area contributed by atoms with E-state index in [1.165, 1.54) is 18.4 Å². The van der Waals surface area contributed by atoms with Gasteiger partial charge in [-0.15, -0.1) is 11.3 Å². The van der Waals surface area contributed by atoms with E-state index in [9.17, 15) is 9.59 Å². The van der Waals surface area contributed by atoms with Gasteiger partial charge in [0.05, 0.1) is 12.7 Å². The fraction of sp³-hybridized carbons (Fsp3) is 0.500. The van der Waals surface area contributed by atoms with E-state index in [0.29, 0.717) is 16.3 Å². The Balaban J connectivity index is 1.92. The molecule has 0 saturated heterocycles. The summed E-state index contributed by atoms with van der Waals surface area (Å²) in [6.45, 7) is 6.74. The highest BCUT2D eigenvalue weighted by Gasteiger charge is 2.29. The fourth-order valence-corrected chi connectivity index (χ4v) is 4.64. The lowest BCUT2D eigenvalue weighted by atomic mass is 10.0. The third kappa shape index (κ3) is 3.52. The van der Waals surface area contributed by atoms with Crippen molar-refractivity contribution in [3.63, 3.8) is 0 Å². The number of amides is 1. The summed E-state index contributed by atoms with van der Waals surface area (Å²) in [4.78, 5) is 28.5. The highest BCUT2D eigenvalue weighted by Crippen LogP contribution is 2.37. The number of carbonyl (C=O) groups excluding carboxylic acids is 2. The lowest BCUT2D eigenvalue weighted by Crippen LogP contribution is -2.30. The van der Waals surface area contributed by atoms with Crippen molar-refractivity contribution in [2.24, 2.45) is 7.05 Å². The van der Waals surface area contributed by atoms with Crippen LogP contribution in [0.25, 0.3) is 0 Å². The van der Waals surface area contributed by atoms with Gasteiger partial charge in [0.25, 0.3) is 5.91 Å². The molecule has 0 bridgehead atoms. The Morgan fingerprint density at radius 2 is 2.19 bits per heavy atom. The first-order chi connectivity index (χ1) is 12.4. The topological polar surface area (TPSA) is 76.5 Å². The van der Waals surface area contributed by atoms with Crippen LogP contribution in [-0.4, -0.2) is 46.8 Å². The summed E-state index contributed by atoms with van der Waals surface area (Å²) in [7, 11) is 3.14. The summed E-state index contributed by atoms with van der Waals surface area (Å²) in [5.41, 5.74) is 2.65. The maximum absolute atomic E-state index is 12.6. The number of fused-ring (bicyclic) bond motifs is 1. The molecule has 0 aliphatic carbocycles. The maximum Gasteiger partial charge on any atom is 0.341 e. The number of anilines is 1. The number of aryl methyl sites for hydroxylation is 2. The fourth-order valence-electron chi connectivity index (χ4n) is 3.36. The monoisotopic (exact) mass is 376 g/mol. The summed E-state index contributed by atoms with van der Waals surface area (Å²) >= 11 is 1.46. The SMILES string of the molecule is CCCN1CCc2c(sc(NC(=O)c3nn(C)cc3C)c2C(=O)OC)C1. The molecule has 7 nitrogen and oxygen atoms in total. The van der Waals surface area contributed by atoms with Gasteiger partial charge in [-0.3, -0.25) is 14.4 Å².